The number of carbonyl (C=O) groups excluding carboxylic acids is 2. The normalized spacial score (nSPS) is 10.8. The van der Waals surface area contributed by atoms with Gasteiger partial charge in [-0.25, -0.2) is 0 Å². The van der Waals surface area contributed by atoms with Crippen molar-refractivity contribution in [3.8, 4) is 0 Å². The van der Waals surface area contributed by atoms with Crippen molar-refractivity contribution in [2.24, 2.45) is 7.05 Å². The number of amides is 2. The number of nitrogens with one attached hydrogen (secondary N) is 2. The first-order valence-electron chi connectivity index (χ1n) is 7.80. The van der Waals surface area contributed by atoms with E-state index >= 15 is 0 Å². The van der Waals surface area contributed by atoms with Gasteiger partial charge in [-0.2, -0.15) is 5.10 Å². The lowest BCUT2D eigenvalue weighted by molar-refractivity contribution is 0.0985. The fraction of sp³-hybridized carbons (Fsp3) is 0.312. The predicted molar refractivity (Wildman–Crippen MR) is 91.1 cm³/mol. The summed E-state index contributed by atoms with van der Waals surface area (Å²) in [6.07, 6.45) is 1.33. The second-order valence-corrected chi connectivity index (χ2v) is 5.84. The van der Waals surface area contributed by atoms with Gasteiger partial charge >= 0.3 is 0 Å². The molecule has 26 heavy (non-hydrogen) atoms. The maximum atomic E-state index is 12.7. The molecule has 0 spiro atoms. The maximum absolute atomic E-state index is 12.7. The molecule has 0 aromatic carbocycles. The summed E-state index contributed by atoms with van der Waals surface area (Å²) in [7, 11) is 1.58. The van der Waals surface area contributed by atoms with Gasteiger partial charge in [0.1, 0.15) is 28.5 Å². The minimum absolute atomic E-state index is 0.106. The molecule has 3 rings (SSSR count). The highest BCUT2D eigenvalue weighted by molar-refractivity contribution is 6.14. The maximum Gasteiger partial charge on any atom is 0.274 e. The molecule has 0 aliphatic heterocycles. The zero-order valence-electron chi connectivity index (χ0n) is 15.0. The molecule has 0 atom stereocenters. The Hall–Kier alpha value is -3.43. The van der Waals surface area contributed by atoms with Crippen LogP contribution in [0.3, 0.4) is 0 Å². The van der Waals surface area contributed by atoms with Crippen LogP contribution < -0.4 is 10.6 Å². The molecule has 0 aliphatic rings. The second-order valence-electron chi connectivity index (χ2n) is 5.84. The van der Waals surface area contributed by atoms with Crippen molar-refractivity contribution in [3.05, 3.63) is 40.4 Å². The predicted octanol–water partition coefficient (Wildman–Crippen LogP) is 2.13. The van der Waals surface area contributed by atoms with Crippen LogP contribution in [0.2, 0.25) is 0 Å². The van der Waals surface area contributed by atoms with Gasteiger partial charge in [-0.3, -0.25) is 14.3 Å². The van der Waals surface area contributed by atoms with Gasteiger partial charge in [-0.1, -0.05) is 10.3 Å². The number of aryl methyl sites for hydroxylation is 5. The summed E-state index contributed by atoms with van der Waals surface area (Å²) in [5.41, 5.74) is 2.25. The van der Waals surface area contributed by atoms with Gasteiger partial charge in [-0.05, 0) is 27.7 Å². The minimum atomic E-state index is -0.497. The van der Waals surface area contributed by atoms with E-state index < -0.39 is 11.8 Å². The summed E-state index contributed by atoms with van der Waals surface area (Å²) in [6.45, 7) is 6.79. The van der Waals surface area contributed by atoms with Crippen LogP contribution in [0.5, 0.6) is 0 Å². The summed E-state index contributed by atoms with van der Waals surface area (Å²) in [6, 6.07) is 0. The summed E-state index contributed by atoms with van der Waals surface area (Å²) in [5.74, 6) is -0.0408. The van der Waals surface area contributed by atoms with Gasteiger partial charge in [0, 0.05) is 7.05 Å². The van der Waals surface area contributed by atoms with Crippen LogP contribution in [0.15, 0.2) is 15.2 Å². The van der Waals surface area contributed by atoms with Crippen molar-refractivity contribution >= 4 is 23.2 Å². The Labute approximate surface area is 148 Å². The highest BCUT2D eigenvalue weighted by Gasteiger charge is 2.25. The van der Waals surface area contributed by atoms with Gasteiger partial charge in [0.15, 0.2) is 11.5 Å². The first-order chi connectivity index (χ1) is 12.3. The van der Waals surface area contributed by atoms with Crippen LogP contribution in [0.1, 0.15) is 43.8 Å². The lowest BCUT2D eigenvalue weighted by Gasteiger charge is -2.08. The summed E-state index contributed by atoms with van der Waals surface area (Å²) >= 11 is 0. The van der Waals surface area contributed by atoms with E-state index in [-0.39, 0.29) is 11.3 Å². The molecule has 0 fully saturated rings. The molecule has 0 aliphatic carbocycles. The number of hydrogen-bond acceptors (Lipinski definition) is 7. The van der Waals surface area contributed by atoms with Crippen LogP contribution in [0.4, 0.5) is 11.4 Å². The van der Waals surface area contributed by atoms with Gasteiger partial charge in [0.2, 0.25) is 0 Å². The number of nitrogens with zero attached hydrogens (tertiary/aromatic N) is 4. The van der Waals surface area contributed by atoms with Crippen molar-refractivity contribution in [2.45, 2.75) is 27.7 Å². The van der Waals surface area contributed by atoms with Gasteiger partial charge in [0.25, 0.3) is 11.8 Å². The van der Waals surface area contributed by atoms with E-state index in [1.54, 1.807) is 34.7 Å². The summed E-state index contributed by atoms with van der Waals surface area (Å²) in [4.78, 5) is 25.4. The molecule has 2 N–H and O–H groups in total. The van der Waals surface area contributed by atoms with Gasteiger partial charge in [0.05, 0.1) is 11.8 Å². The lowest BCUT2D eigenvalue weighted by atomic mass is 10.2. The summed E-state index contributed by atoms with van der Waals surface area (Å²) < 4.78 is 11.4. The molecule has 10 nitrogen and oxygen atoms in total. The Morgan fingerprint density at radius 1 is 0.923 bits per heavy atom. The zero-order valence-corrected chi connectivity index (χ0v) is 15.0. The van der Waals surface area contributed by atoms with Crippen molar-refractivity contribution in [2.75, 3.05) is 10.6 Å². The Kier molecular flexibility index (Phi) is 4.33. The largest absolute Gasteiger partial charge is 0.359 e. The quantitative estimate of drug-likeness (QED) is 0.731. The second kappa shape index (κ2) is 6.47. The molecule has 0 unspecified atom stereocenters. The summed E-state index contributed by atoms with van der Waals surface area (Å²) in [5, 5.41) is 17.0. The molecule has 3 heterocycles. The molecular weight excluding hydrogens is 340 g/mol. The zero-order chi connectivity index (χ0) is 19.0. The van der Waals surface area contributed by atoms with E-state index in [1.165, 1.54) is 10.9 Å². The number of hydrogen-bond donors (Lipinski definition) is 2. The molecule has 2 amide bonds. The molecule has 0 saturated carbocycles. The van der Waals surface area contributed by atoms with Crippen LogP contribution in [0.25, 0.3) is 0 Å². The number of rotatable bonds is 4. The number of aromatic nitrogens is 4. The van der Waals surface area contributed by atoms with Gasteiger partial charge in [-0.15, -0.1) is 0 Å². The molecular formula is C16H18N6O4. The smallest absolute Gasteiger partial charge is 0.274 e. The molecule has 3 aromatic heterocycles. The van der Waals surface area contributed by atoms with Crippen molar-refractivity contribution in [3.63, 3.8) is 0 Å². The van der Waals surface area contributed by atoms with E-state index in [4.69, 9.17) is 9.05 Å². The van der Waals surface area contributed by atoms with Gasteiger partial charge < -0.3 is 19.7 Å². The van der Waals surface area contributed by atoms with Crippen molar-refractivity contribution < 1.29 is 18.6 Å². The highest BCUT2D eigenvalue weighted by Crippen LogP contribution is 2.22. The standard InChI is InChI=1S/C16H18N6O4/c1-7-12(9(3)25-20-7)18-15(23)11-6-17-22(5)14(11)16(24)19-13-8(2)21-26-10(13)4/h6H,1-5H3,(H,18,23)(H,19,24). The van der Waals surface area contributed by atoms with E-state index in [0.29, 0.717) is 34.3 Å². The Morgan fingerprint density at radius 2 is 1.42 bits per heavy atom. The Morgan fingerprint density at radius 3 is 1.88 bits per heavy atom. The van der Waals surface area contributed by atoms with E-state index in [0.717, 1.165) is 0 Å². The van der Waals surface area contributed by atoms with Crippen molar-refractivity contribution in [1.82, 2.24) is 20.1 Å². The van der Waals surface area contributed by atoms with Crippen LogP contribution >= 0.6 is 0 Å². The van der Waals surface area contributed by atoms with Crippen LogP contribution in [-0.4, -0.2) is 31.9 Å². The number of carbonyl (C=O) groups is 2. The van der Waals surface area contributed by atoms with Crippen LogP contribution in [-0.2, 0) is 7.05 Å². The fourth-order valence-corrected chi connectivity index (χ4v) is 2.55. The third-order valence-corrected chi connectivity index (χ3v) is 3.94. The van der Waals surface area contributed by atoms with E-state index in [1.807, 2.05) is 0 Å². The first-order valence-corrected chi connectivity index (χ1v) is 7.80. The number of anilines is 2. The van der Waals surface area contributed by atoms with Crippen molar-refractivity contribution in [1.29, 1.82) is 0 Å². The fourth-order valence-electron chi connectivity index (χ4n) is 2.55. The Balaban J connectivity index is 1.89. The first kappa shape index (κ1) is 17.4. The third-order valence-electron chi connectivity index (χ3n) is 3.94. The Bertz CT molecular complexity index is 958. The molecule has 0 bridgehead atoms. The van der Waals surface area contributed by atoms with E-state index in [2.05, 4.69) is 26.0 Å². The average molecular weight is 358 g/mol. The highest BCUT2D eigenvalue weighted by atomic mass is 16.5. The minimum Gasteiger partial charge on any atom is -0.359 e. The molecule has 0 saturated heterocycles. The SMILES string of the molecule is Cc1noc(C)c1NC(=O)c1cnn(C)c1C(=O)Nc1c(C)noc1C. The van der Waals surface area contributed by atoms with Crippen LogP contribution in [0, 0.1) is 27.7 Å². The lowest BCUT2D eigenvalue weighted by Crippen LogP contribution is -2.22. The molecule has 10 heteroatoms. The third kappa shape index (κ3) is 2.96. The van der Waals surface area contributed by atoms with E-state index in [9.17, 15) is 9.59 Å². The average Bonchev–Trinajstić information content (AvgIpc) is 3.23. The topological polar surface area (TPSA) is 128 Å². The molecule has 136 valence electrons. The molecule has 0 radical (unpaired) electrons. The monoisotopic (exact) mass is 358 g/mol. The molecule has 3 aromatic rings.